The van der Waals surface area contributed by atoms with Gasteiger partial charge in [0.1, 0.15) is 0 Å². The number of nitrogens with one attached hydrogen (secondary N) is 2. The Kier molecular flexibility index (Phi) is 8.02. The highest BCUT2D eigenvalue weighted by molar-refractivity contribution is 9.10. The second kappa shape index (κ2) is 9.28. The fraction of sp³-hybridized carbons (Fsp3) is 0.500. The van der Waals surface area contributed by atoms with Crippen molar-refractivity contribution in [3.8, 4) is 0 Å². The number of benzene rings is 1. The zero-order chi connectivity index (χ0) is 14.1. The lowest BCUT2D eigenvalue weighted by molar-refractivity contribution is 0.145. The smallest absolute Gasteiger partial charge is 0.166 e. The van der Waals surface area contributed by atoms with Crippen molar-refractivity contribution in [3.05, 3.63) is 34.3 Å². The van der Waals surface area contributed by atoms with E-state index in [1.165, 1.54) is 5.56 Å². The van der Waals surface area contributed by atoms with Crippen LogP contribution in [0, 0.1) is 0 Å². The summed E-state index contributed by atoms with van der Waals surface area (Å²) in [5.41, 5.74) is 1.20. The molecule has 0 saturated carbocycles. The molecular weight excluding hydrogens is 324 g/mol. The van der Waals surface area contributed by atoms with E-state index in [1.54, 1.807) is 0 Å². The van der Waals surface area contributed by atoms with Gasteiger partial charge in [-0.1, -0.05) is 28.1 Å². The molecule has 3 nitrogen and oxygen atoms in total. The molecule has 0 aliphatic carbocycles. The Bertz CT molecular complexity index is 401. The summed E-state index contributed by atoms with van der Waals surface area (Å²) in [5, 5.41) is 7.14. The molecule has 0 aliphatic rings. The molecule has 1 aromatic rings. The molecule has 0 spiro atoms. The molecule has 1 rings (SSSR count). The van der Waals surface area contributed by atoms with Crippen molar-refractivity contribution >= 4 is 33.3 Å². The molecule has 1 atom stereocenters. The molecule has 0 bridgehead atoms. The normalized spacial score (nSPS) is 11.9. The fourth-order valence-electron chi connectivity index (χ4n) is 1.63. The van der Waals surface area contributed by atoms with Crippen molar-refractivity contribution in [2.24, 2.45) is 0 Å². The van der Waals surface area contributed by atoms with Gasteiger partial charge < -0.3 is 15.4 Å². The summed E-state index contributed by atoms with van der Waals surface area (Å²) in [6, 6.07) is 8.40. The Morgan fingerprint density at radius 2 is 2.26 bits per heavy atom. The molecule has 0 amide bonds. The summed E-state index contributed by atoms with van der Waals surface area (Å²) in [6.45, 7) is 6.46. The highest BCUT2D eigenvalue weighted by Gasteiger charge is 2.06. The lowest BCUT2D eigenvalue weighted by atomic mass is 10.1. The minimum atomic E-state index is 0.185. The number of halogens is 1. The molecule has 106 valence electrons. The number of ether oxygens (including phenoxy) is 1. The number of hydrogen-bond donors (Lipinski definition) is 2. The Morgan fingerprint density at radius 3 is 2.95 bits per heavy atom. The third kappa shape index (κ3) is 6.89. The average molecular weight is 345 g/mol. The topological polar surface area (TPSA) is 33.3 Å². The molecule has 0 aromatic heterocycles. The van der Waals surface area contributed by atoms with E-state index in [0.717, 1.165) is 30.7 Å². The van der Waals surface area contributed by atoms with Gasteiger partial charge in [0.15, 0.2) is 5.11 Å². The van der Waals surface area contributed by atoms with Crippen LogP contribution < -0.4 is 10.6 Å². The second-order valence-corrected chi connectivity index (χ2v) is 5.55. The predicted octanol–water partition coefficient (Wildman–Crippen LogP) is 3.40. The Balaban J connectivity index is 2.28. The summed E-state index contributed by atoms with van der Waals surface area (Å²) in [5.74, 6) is 0. The van der Waals surface area contributed by atoms with Crippen LogP contribution in [-0.4, -0.2) is 24.9 Å². The monoisotopic (exact) mass is 344 g/mol. The highest BCUT2D eigenvalue weighted by atomic mass is 79.9. The van der Waals surface area contributed by atoms with Gasteiger partial charge in [-0.3, -0.25) is 0 Å². The summed E-state index contributed by atoms with van der Waals surface area (Å²) in [7, 11) is 0. The molecule has 19 heavy (non-hydrogen) atoms. The van der Waals surface area contributed by atoms with Gasteiger partial charge in [0.25, 0.3) is 0 Å². The first-order valence-electron chi connectivity index (χ1n) is 6.51. The quantitative estimate of drug-likeness (QED) is 0.586. The van der Waals surface area contributed by atoms with Crippen molar-refractivity contribution in [2.45, 2.75) is 26.3 Å². The van der Waals surface area contributed by atoms with Crippen LogP contribution in [0.4, 0.5) is 0 Å². The number of rotatable bonds is 7. The van der Waals surface area contributed by atoms with Gasteiger partial charge in [0.05, 0.1) is 6.04 Å². The fourth-order valence-corrected chi connectivity index (χ4v) is 2.32. The second-order valence-electron chi connectivity index (χ2n) is 4.23. The maximum atomic E-state index is 5.27. The first-order chi connectivity index (χ1) is 9.13. The highest BCUT2D eigenvalue weighted by Crippen LogP contribution is 2.17. The van der Waals surface area contributed by atoms with Gasteiger partial charge >= 0.3 is 0 Å². The number of thiocarbonyl (C=S) groups is 1. The van der Waals surface area contributed by atoms with E-state index >= 15 is 0 Å². The van der Waals surface area contributed by atoms with Gasteiger partial charge in [-0.25, -0.2) is 0 Å². The van der Waals surface area contributed by atoms with E-state index in [-0.39, 0.29) is 6.04 Å². The standard InChI is InChI=1S/C14H21BrN2OS/c1-3-18-9-5-8-16-14(19)17-11(2)12-6-4-7-13(15)10-12/h4,6-7,10-11H,3,5,8-9H2,1-2H3,(H2,16,17,19). The molecule has 5 heteroatoms. The first-order valence-corrected chi connectivity index (χ1v) is 7.71. The molecule has 0 heterocycles. The summed E-state index contributed by atoms with van der Waals surface area (Å²) in [6.07, 6.45) is 0.959. The third-order valence-corrected chi connectivity index (χ3v) is 3.41. The minimum absolute atomic E-state index is 0.185. The minimum Gasteiger partial charge on any atom is -0.382 e. The predicted molar refractivity (Wildman–Crippen MR) is 87.4 cm³/mol. The van der Waals surface area contributed by atoms with Crippen LogP contribution in [0.3, 0.4) is 0 Å². The molecule has 0 saturated heterocycles. The third-order valence-electron chi connectivity index (χ3n) is 2.65. The SMILES string of the molecule is CCOCCCNC(=S)NC(C)c1cccc(Br)c1. The van der Waals surface area contributed by atoms with E-state index in [2.05, 4.69) is 45.6 Å². The van der Waals surface area contributed by atoms with Gasteiger partial charge in [-0.05, 0) is 50.2 Å². The van der Waals surface area contributed by atoms with Crippen molar-refractivity contribution in [1.29, 1.82) is 0 Å². The number of hydrogen-bond acceptors (Lipinski definition) is 2. The van der Waals surface area contributed by atoms with E-state index in [1.807, 2.05) is 19.1 Å². The zero-order valence-electron chi connectivity index (χ0n) is 11.4. The Hall–Kier alpha value is -0.650. The van der Waals surface area contributed by atoms with Crippen molar-refractivity contribution in [1.82, 2.24) is 10.6 Å². The van der Waals surface area contributed by atoms with Crippen molar-refractivity contribution in [3.63, 3.8) is 0 Å². The van der Waals surface area contributed by atoms with Gasteiger partial charge in [-0.2, -0.15) is 0 Å². The Morgan fingerprint density at radius 1 is 1.47 bits per heavy atom. The van der Waals surface area contributed by atoms with Crippen molar-refractivity contribution in [2.75, 3.05) is 19.8 Å². The molecule has 0 radical (unpaired) electrons. The van der Waals surface area contributed by atoms with Crippen molar-refractivity contribution < 1.29 is 4.74 Å². The van der Waals surface area contributed by atoms with Crippen LogP contribution in [-0.2, 0) is 4.74 Å². The van der Waals surface area contributed by atoms with Crippen LogP contribution >= 0.6 is 28.1 Å². The average Bonchev–Trinajstić information content (AvgIpc) is 2.38. The molecular formula is C14H21BrN2OS. The van der Waals surface area contributed by atoms with Crippen LogP contribution in [0.2, 0.25) is 0 Å². The molecule has 1 unspecified atom stereocenters. The van der Waals surface area contributed by atoms with E-state index in [4.69, 9.17) is 17.0 Å². The van der Waals surface area contributed by atoms with E-state index in [0.29, 0.717) is 5.11 Å². The zero-order valence-corrected chi connectivity index (χ0v) is 13.8. The molecule has 0 fully saturated rings. The van der Waals surface area contributed by atoms with E-state index < -0.39 is 0 Å². The van der Waals surface area contributed by atoms with E-state index in [9.17, 15) is 0 Å². The van der Waals surface area contributed by atoms with Crippen LogP contribution in [0.25, 0.3) is 0 Å². The van der Waals surface area contributed by atoms with Crippen LogP contribution in [0.15, 0.2) is 28.7 Å². The van der Waals surface area contributed by atoms with Crippen LogP contribution in [0.1, 0.15) is 31.9 Å². The summed E-state index contributed by atoms with van der Waals surface area (Å²) >= 11 is 8.74. The maximum Gasteiger partial charge on any atom is 0.166 e. The molecule has 0 aliphatic heterocycles. The lowest BCUT2D eigenvalue weighted by Crippen LogP contribution is -2.37. The largest absolute Gasteiger partial charge is 0.382 e. The summed E-state index contributed by atoms with van der Waals surface area (Å²) in [4.78, 5) is 0. The Labute approximate surface area is 129 Å². The van der Waals surface area contributed by atoms with Gasteiger partial charge in [-0.15, -0.1) is 0 Å². The van der Waals surface area contributed by atoms with Gasteiger partial charge in [0, 0.05) is 24.2 Å². The summed E-state index contributed by atoms with van der Waals surface area (Å²) < 4.78 is 6.35. The lowest BCUT2D eigenvalue weighted by Gasteiger charge is -2.17. The first kappa shape index (κ1) is 16.4. The maximum absolute atomic E-state index is 5.27. The van der Waals surface area contributed by atoms with Crippen LogP contribution in [0.5, 0.6) is 0 Å². The van der Waals surface area contributed by atoms with Gasteiger partial charge in [0.2, 0.25) is 0 Å². The molecule has 1 aromatic carbocycles. The molecule has 2 N–H and O–H groups in total.